The maximum atomic E-state index is 12.7. The second-order valence-corrected chi connectivity index (χ2v) is 7.70. The molecule has 1 aliphatic heterocycles. The topological polar surface area (TPSA) is 116 Å². The van der Waals surface area contributed by atoms with Crippen molar-refractivity contribution < 1.29 is 33.6 Å². The van der Waals surface area contributed by atoms with Gasteiger partial charge in [-0.3, -0.25) is 0 Å². The predicted molar refractivity (Wildman–Crippen MR) is 108 cm³/mol. The Kier molecular flexibility index (Phi) is 5.61. The van der Waals surface area contributed by atoms with E-state index in [1.165, 1.54) is 6.07 Å². The molecule has 3 aromatic rings. The van der Waals surface area contributed by atoms with Crippen molar-refractivity contribution in [3.8, 4) is 11.5 Å². The molecule has 9 nitrogen and oxygen atoms in total. The zero-order valence-electron chi connectivity index (χ0n) is 16.8. The molecule has 160 valence electrons. The smallest absolute Gasteiger partial charge is 0.328 e. The van der Waals surface area contributed by atoms with Crippen molar-refractivity contribution in [3.05, 3.63) is 41.3 Å². The number of hydrogen-bond donors (Lipinski definition) is 3. The number of hydrogen-bond acceptors (Lipinski definition) is 7. The van der Waals surface area contributed by atoms with Gasteiger partial charge in [0.1, 0.15) is 30.1 Å². The first-order valence-electron chi connectivity index (χ1n) is 9.74. The monoisotopic (exact) mass is 417 g/mol. The number of benzene rings is 2. The Morgan fingerprint density at radius 1 is 1.27 bits per heavy atom. The molecule has 1 fully saturated rings. The van der Waals surface area contributed by atoms with Crippen molar-refractivity contribution in [3.63, 3.8) is 0 Å². The second kappa shape index (κ2) is 8.19. The number of aromatic nitrogens is 2. The summed E-state index contributed by atoms with van der Waals surface area (Å²) in [6.07, 6.45) is -1.03. The lowest BCUT2D eigenvalue weighted by Crippen LogP contribution is -2.28. The van der Waals surface area contributed by atoms with Gasteiger partial charge in [0.05, 0.1) is 24.2 Å². The summed E-state index contributed by atoms with van der Waals surface area (Å²) in [5.74, 6) is -0.310. The summed E-state index contributed by atoms with van der Waals surface area (Å²) in [5, 5.41) is 20.2. The number of aromatic hydroxyl groups is 1. The lowest BCUT2D eigenvalue weighted by atomic mass is 10.2. The standard InChI is InChI=1S/C21H24N2O7/c1-21(2)29-12-14(30-21)11-27-9-13(24)10-28-18-8-4-6-16-19(18)22-15-5-3-7-17(25)20(15)23(16)26/h3-8,13-14,24H,9-12H2,1-2H3,(H-,22,25,26)/p+1. The molecule has 0 spiro atoms. The Labute approximate surface area is 172 Å². The largest absolute Gasteiger partial charge is 0.502 e. The summed E-state index contributed by atoms with van der Waals surface area (Å²) < 4.78 is 23.0. The Balaban J connectivity index is 1.41. The summed E-state index contributed by atoms with van der Waals surface area (Å²) in [5.41, 5.74) is 1.40. The number of aliphatic hydroxyl groups is 1. The first kappa shape index (κ1) is 20.5. The van der Waals surface area contributed by atoms with E-state index < -0.39 is 11.9 Å². The van der Waals surface area contributed by atoms with E-state index in [1.807, 2.05) is 13.8 Å². The average Bonchev–Trinajstić information content (AvgIpc) is 3.05. The summed E-state index contributed by atoms with van der Waals surface area (Å²) in [6, 6.07) is 9.79. The number of fused-ring (bicyclic) bond motifs is 2. The number of para-hydroxylation sites is 2. The van der Waals surface area contributed by atoms with Gasteiger partial charge in [0.15, 0.2) is 17.1 Å². The molecule has 2 aromatic carbocycles. The average molecular weight is 417 g/mol. The van der Waals surface area contributed by atoms with Crippen molar-refractivity contribution >= 4 is 22.1 Å². The number of ether oxygens (including phenoxy) is 4. The molecule has 1 saturated heterocycles. The predicted octanol–water partition coefficient (Wildman–Crippen LogP) is 1.85. The number of H-pyrrole nitrogens is 1. The van der Waals surface area contributed by atoms with E-state index in [2.05, 4.69) is 4.98 Å². The van der Waals surface area contributed by atoms with Crippen molar-refractivity contribution in [2.24, 2.45) is 0 Å². The van der Waals surface area contributed by atoms with E-state index in [-0.39, 0.29) is 30.6 Å². The number of aromatic amines is 1. The lowest BCUT2D eigenvalue weighted by Gasteiger charge is -2.18. The van der Waals surface area contributed by atoms with Gasteiger partial charge in [-0.15, -0.1) is 0 Å². The highest BCUT2D eigenvalue weighted by Crippen LogP contribution is 2.26. The van der Waals surface area contributed by atoms with Crippen LogP contribution in [0.3, 0.4) is 0 Å². The minimum Gasteiger partial charge on any atom is -0.502 e. The normalized spacial score (nSPS) is 19.4. The second-order valence-electron chi connectivity index (χ2n) is 7.70. The molecule has 2 unspecified atom stereocenters. The van der Waals surface area contributed by atoms with Gasteiger partial charge in [-0.05, 0) is 32.0 Å². The van der Waals surface area contributed by atoms with E-state index in [9.17, 15) is 15.1 Å². The highest BCUT2D eigenvalue weighted by Gasteiger charge is 2.32. The van der Waals surface area contributed by atoms with Gasteiger partial charge in [-0.25, -0.2) is 0 Å². The van der Waals surface area contributed by atoms with Crippen molar-refractivity contribution in [2.45, 2.75) is 31.8 Å². The van der Waals surface area contributed by atoms with Crippen LogP contribution in [0.15, 0.2) is 36.4 Å². The fraction of sp³-hybridized carbons (Fsp3) is 0.429. The van der Waals surface area contributed by atoms with Crippen LogP contribution in [0.4, 0.5) is 0 Å². The van der Waals surface area contributed by atoms with Crippen LogP contribution >= 0.6 is 0 Å². The third-order valence-electron chi connectivity index (χ3n) is 4.81. The molecule has 0 aliphatic carbocycles. The van der Waals surface area contributed by atoms with Gasteiger partial charge in [-0.2, -0.15) is 0 Å². The van der Waals surface area contributed by atoms with Gasteiger partial charge >= 0.3 is 5.52 Å². The molecule has 1 aliphatic rings. The van der Waals surface area contributed by atoms with Crippen molar-refractivity contribution in [1.82, 2.24) is 4.98 Å². The van der Waals surface area contributed by atoms with Gasteiger partial charge in [0.2, 0.25) is 0 Å². The van der Waals surface area contributed by atoms with Crippen LogP contribution < -0.4 is 9.16 Å². The molecule has 0 amide bonds. The fourth-order valence-electron chi connectivity index (χ4n) is 3.45. The van der Waals surface area contributed by atoms with Crippen LogP contribution in [-0.2, 0) is 14.2 Å². The minimum absolute atomic E-state index is 0.0165. The quantitative estimate of drug-likeness (QED) is 0.397. The summed E-state index contributed by atoms with van der Waals surface area (Å²) in [4.78, 5) is 15.8. The summed E-state index contributed by atoms with van der Waals surface area (Å²) >= 11 is 0. The molecular weight excluding hydrogens is 392 g/mol. The van der Waals surface area contributed by atoms with Crippen LogP contribution in [0.2, 0.25) is 0 Å². The highest BCUT2D eigenvalue weighted by atomic mass is 16.7. The third kappa shape index (κ3) is 4.24. The third-order valence-corrected chi connectivity index (χ3v) is 4.81. The van der Waals surface area contributed by atoms with E-state index in [0.29, 0.717) is 39.9 Å². The fourth-order valence-corrected chi connectivity index (χ4v) is 3.45. The number of phenols is 1. The van der Waals surface area contributed by atoms with Crippen LogP contribution in [0.1, 0.15) is 13.8 Å². The Bertz CT molecular complexity index is 1110. The van der Waals surface area contributed by atoms with Gasteiger partial charge in [0.25, 0.3) is 5.52 Å². The van der Waals surface area contributed by atoms with Crippen LogP contribution in [-0.4, -0.2) is 59.6 Å². The number of aliphatic hydroxyl groups excluding tert-OH is 1. The molecule has 0 bridgehead atoms. The van der Waals surface area contributed by atoms with Crippen LogP contribution in [0.25, 0.3) is 22.1 Å². The molecule has 9 heteroatoms. The first-order chi connectivity index (χ1) is 14.3. The Morgan fingerprint density at radius 2 is 2.07 bits per heavy atom. The molecule has 3 N–H and O–H groups in total. The lowest BCUT2D eigenvalue weighted by molar-refractivity contribution is -0.433. The molecule has 2 heterocycles. The summed E-state index contributed by atoms with van der Waals surface area (Å²) in [7, 11) is 0. The summed E-state index contributed by atoms with van der Waals surface area (Å²) in [6.45, 7) is 4.50. The van der Waals surface area contributed by atoms with E-state index in [4.69, 9.17) is 18.9 Å². The molecule has 0 radical (unpaired) electrons. The number of nitrogens with zero attached hydrogens (tertiary/aromatic N) is 1. The minimum atomic E-state index is -0.862. The van der Waals surface area contributed by atoms with Gasteiger partial charge in [-0.1, -0.05) is 12.1 Å². The highest BCUT2D eigenvalue weighted by molar-refractivity contribution is 5.87. The molecule has 1 aromatic heterocycles. The number of rotatable bonds is 7. The van der Waals surface area contributed by atoms with Crippen molar-refractivity contribution in [2.75, 3.05) is 26.4 Å². The van der Waals surface area contributed by atoms with E-state index in [0.717, 1.165) is 0 Å². The Morgan fingerprint density at radius 3 is 2.83 bits per heavy atom. The van der Waals surface area contributed by atoms with E-state index >= 15 is 0 Å². The first-order valence-corrected chi connectivity index (χ1v) is 9.74. The number of nitrogens with one attached hydrogen (secondary N) is 1. The zero-order chi connectivity index (χ0) is 21.3. The zero-order valence-corrected chi connectivity index (χ0v) is 16.8. The number of phenolic OH excluding ortho intramolecular Hbond substituents is 1. The van der Waals surface area contributed by atoms with Crippen molar-refractivity contribution in [1.29, 1.82) is 0 Å². The molecule has 30 heavy (non-hydrogen) atoms. The maximum absolute atomic E-state index is 12.7. The van der Waals surface area contributed by atoms with Gasteiger partial charge in [0, 0.05) is 11.0 Å². The SMILES string of the molecule is CC1(C)OCC(COCC(O)COc2cccc3c2[nH]c2cccc(O)c2[n+]3=O)O1. The van der Waals surface area contributed by atoms with Crippen LogP contribution in [0, 0.1) is 4.91 Å². The van der Waals surface area contributed by atoms with Crippen LogP contribution in [0.5, 0.6) is 11.5 Å². The van der Waals surface area contributed by atoms with E-state index in [1.54, 1.807) is 30.3 Å². The Hall–Kier alpha value is -2.72. The molecule has 4 rings (SSSR count). The molecular formula is C21H25N2O7+. The molecule has 2 atom stereocenters. The van der Waals surface area contributed by atoms with Gasteiger partial charge < -0.3 is 34.1 Å². The molecule has 0 saturated carbocycles. The maximum Gasteiger partial charge on any atom is 0.328 e.